The van der Waals surface area contributed by atoms with Crippen molar-refractivity contribution in [2.75, 3.05) is 30.5 Å². The third-order valence-corrected chi connectivity index (χ3v) is 3.26. The summed E-state index contributed by atoms with van der Waals surface area (Å²) < 4.78 is 13.6. The molecule has 0 aliphatic heterocycles. The van der Waals surface area contributed by atoms with Gasteiger partial charge in [-0.1, -0.05) is 0 Å². The first-order valence-corrected chi connectivity index (χ1v) is 6.70. The van der Waals surface area contributed by atoms with Gasteiger partial charge in [-0.2, -0.15) is 4.98 Å². The van der Waals surface area contributed by atoms with Crippen LogP contribution in [0.25, 0.3) is 22.2 Å². The molecule has 0 aliphatic rings. The van der Waals surface area contributed by atoms with Crippen molar-refractivity contribution >= 4 is 28.5 Å². The number of anilines is 3. The van der Waals surface area contributed by atoms with E-state index in [4.69, 9.17) is 5.73 Å². The molecule has 0 spiro atoms. The van der Waals surface area contributed by atoms with Crippen LogP contribution in [0.2, 0.25) is 0 Å². The first-order chi connectivity index (χ1) is 10.6. The maximum absolute atomic E-state index is 13.6. The number of nitrogens with one attached hydrogen (secondary N) is 2. The summed E-state index contributed by atoms with van der Waals surface area (Å²) >= 11 is 0. The number of hydrogen-bond donors (Lipinski definition) is 3. The number of nitrogens with two attached hydrogens (primary N) is 1. The quantitative estimate of drug-likeness (QED) is 0.644. The molecule has 4 N–H and O–H groups in total. The second-order valence-corrected chi connectivity index (χ2v) is 4.76. The molecule has 0 fully saturated rings. The van der Waals surface area contributed by atoms with E-state index >= 15 is 0 Å². The zero-order valence-electron chi connectivity index (χ0n) is 12.2. The predicted octanol–water partition coefficient (Wildman–Crippen LogP) is 2.50. The van der Waals surface area contributed by atoms with E-state index in [1.807, 2.05) is 6.07 Å². The normalized spacial score (nSPS) is 10.7. The number of benzene rings is 1. The Balaban J connectivity index is 2.24. The standard InChI is InChI=1S/C15H15FN6/c1-18-14-12(8-3-10(16)6-11(17)4-8)5-9-7-20-15(19-2)22-13(9)21-14/h3-7H,17H2,1-2H3,(H2,18,19,20,21,22). The van der Waals surface area contributed by atoms with Gasteiger partial charge in [-0.15, -0.1) is 0 Å². The number of nitrogens with zero attached hydrogens (tertiary/aromatic N) is 3. The number of halogens is 1. The van der Waals surface area contributed by atoms with Gasteiger partial charge in [0, 0.05) is 36.9 Å². The SMILES string of the molecule is CNc1ncc2cc(-c3cc(N)cc(F)c3)c(NC)nc2n1. The zero-order chi connectivity index (χ0) is 15.7. The van der Waals surface area contributed by atoms with Gasteiger partial charge in [0.15, 0.2) is 5.65 Å². The topological polar surface area (TPSA) is 88.8 Å². The van der Waals surface area contributed by atoms with Crippen LogP contribution in [0.5, 0.6) is 0 Å². The number of rotatable bonds is 3. The lowest BCUT2D eigenvalue weighted by atomic mass is 10.0. The van der Waals surface area contributed by atoms with Crippen molar-refractivity contribution in [3.63, 3.8) is 0 Å². The second-order valence-electron chi connectivity index (χ2n) is 4.76. The average molecular weight is 298 g/mol. The van der Waals surface area contributed by atoms with E-state index in [9.17, 15) is 4.39 Å². The Morgan fingerprint density at radius 1 is 1.05 bits per heavy atom. The molecule has 2 heterocycles. The van der Waals surface area contributed by atoms with Crippen LogP contribution in [0.1, 0.15) is 0 Å². The monoisotopic (exact) mass is 298 g/mol. The van der Waals surface area contributed by atoms with Crippen molar-refractivity contribution in [2.24, 2.45) is 0 Å². The van der Waals surface area contributed by atoms with E-state index in [0.29, 0.717) is 28.7 Å². The molecule has 2 aromatic heterocycles. The van der Waals surface area contributed by atoms with E-state index in [0.717, 1.165) is 10.9 Å². The first-order valence-electron chi connectivity index (χ1n) is 6.70. The summed E-state index contributed by atoms with van der Waals surface area (Å²) in [6.45, 7) is 0. The van der Waals surface area contributed by atoms with Gasteiger partial charge in [0.05, 0.1) is 0 Å². The molecule has 3 rings (SSSR count). The minimum Gasteiger partial charge on any atom is -0.399 e. The zero-order valence-corrected chi connectivity index (χ0v) is 12.2. The van der Waals surface area contributed by atoms with Crippen molar-refractivity contribution in [3.8, 4) is 11.1 Å². The highest BCUT2D eigenvalue weighted by atomic mass is 19.1. The van der Waals surface area contributed by atoms with E-state index in [1.54, 1.807) is 26.4 Å². The maximum atomic E-state index is 13.6. The van der Waals surface area contributed by atoms with Gasteiger partial charge in [-0.25, -0.2) is 14.4 Å². The van der Waals surface area contributed by atoms with Crippen molar-refractivity contribution in [2.45, 2.75) is 0 Å². The molecule has 22 heavy (non-hydrogen) atoms. The molecule has 0 saturated heterocycles. The smallest absolute Gasteiger partial charge is 0.224 e. The molecule has 0 atom stereocenters. The largest absolute Gasteiger partial charge is 0.399 e. The summed E-state index contributed by atoms with van der Waals surface area (Å²) in [7, 11) is 3.49. The Hall–Kier alpha value is -2.96. The highest BCUT2D eigenvalue weighted by Gasteiger charge is 2.11. The molecule has 0 unspecified atom stereocenters. The van der Waals surface area contributed by atoms with Crippen LogP contribution in [0, 0.1) is 5.82 Å². The molecule has 0 bridgehead atoms. The lowest BCUT2D eigenvalue weighted by Gasteiger charge is -2.11. The van der Waals surface area contributed by atoms with Gasteiger partial charge < -0.3 is 16.4 Å². The van der Waals surface area contributed by atoms with Crippen molar-refractivity contribution in [1.29, 1.82) is 0 Å². The highest BCUT2D eigenvalue weighted by molar-refractivity contribution is 5.88. The van der Waals surface area contributed by atoms with Crippen LogP contribution in [-0.2, 0) is 0 Å². The molecule has 1 aromatic carbocycles. The summed E-state index contributed by atoms with van der Waals surface area (Å²) in [5.41, 5.74) is 8.02. The Morgan fingerprint density at radius 2 is 1.86 bits per heavy atom. The number of hydrogen-bond acceptors (Lipinski definition) is 6. The van der Waals surface area contributed by atoms with Crippen molar-refractivity contribution in [1.82, 2.24) is 15.0 Å². The number of pyridine rings is 1. The fourth-order valence-electron chi connectivity index (χ4n) is 2.26. The summed E-state index contributed by atoms with van der Waals surface area (Å²) in [6, 6.07) is 6.26. The van der Waals surface area contributed by atoms with Crippen LogP contribution >= 0.6 is 0 Å². The van der Waals surface area contributed by atoms with Crippen LogP contribution in [-0.4, -0.2) is 29.0 Å². The van der Waals surface area contributed by atoms with Crippen molar-refractivity contribution < 1.29 is 4.39 Å². The van der Waals surface area contributed by atoms with Gasteiger partial charge in [0.2, 0.25) is 5.95 Å². The lowest BCUT2D eigenvalue weighted by Crippen LogP contribution is -2.01. The molecular weight excluding hydrogens is 283 g/mol. The van der Waals surface area contributed by atoms with Crippen LogP contribution in [0.3, 0.4) is 0 Å². The van der Waals surface area contributed by atoms with E-state index in [-0.39, 0.29) is 5.82 Å². The van der Waals surface area contributed by atoms with Gasteiger partial charge in [-0.05, 0) is 29.8 Å². The summed E-state index contributed by atoms with van der Waals surface area (Å²) in [5, 5.41) is 6.64. The maximum Gasteiger partial charge on any atom is 0.224 e. The highest BCUT2D eigenvalue weighted by Crippen LogP contribution is 2.31. The minimum absolute atomic E-state index is 0.360. The van der Waals surface area contributed by atoms with Crippen LogP contribution in [0.4, 0.5) is 21.8 Å². The second kappa shape index (κ2) is 5.44. The van der Waals surface area contributed by atoms with E-state index in [2.05, 4.69) is 25.6 Å². The lowest BCUT2D eigenvalue weighted by molar-refractivity contribution is 0.629. The van der Waals surface area contributed by atoms with Crippen molar-refractivity contribution in [3.05, 3.63) is 36.3 Å². The van der Waals surface area contributed by atoms with E-state index < -0.39 is 0 Å². The average Bonchev–Trinajstić information content (AvgIpc) is 2.52. The van der Waals surface area contributed by atoms with Crippen LogP contribution < -0.4 is 16.4 Å². The summed E-state index contributed by atoms with van der Waals surface area (Å²) in [5.74, 6) is 0.696. The fraction of sp³-hybridized carbons (Fsp3) is 0.133. The third-order valence-electron chi connectivity index (χ3n) is 3.26. The molecule has 0 radical (unpaired) electrons. The Morgan fingerprint density at radius 3 is 2.55 bits per heavy atom. The molecule has 3 aromatic rings. The van der Waals surface area contributed by atoms with E-state index in [1.165, 1.54) is 12.1 Å². The molecule has 0 amide bonds. The Kier molecular flexibility index (Phi) is 3.46. The number of fused-ring (bicyclic) bond motifs is 1. The van der Waals surface area contributed by atoms with Gasteiger partial charge in [0.25, 0.3) is 0 Å². The molecule has 0 saturated carbocycles. The predicted molar refractivity (Wildman–Crippen MR) is 86.2 cm³/mol. The van der Waals surface area contributed by atoms with Gasteiger partial charge >= 0.3 is 0 Å². The fourth-order valence-corrected chi connectivity index (χ4v) is 2.26. The number of nitrogen functional groups attached to an aromatic ring is 1. The molecule has 0 aliphatic carbocycles. The molecule has 112 valence electrons. The summed E-state index contributed by atoms with van der Waals surface area (Å²) in [6.07, 6.45) is 1.67. The molecule has 6 nitrogen and oxygen atoms in total. The Bertz CT molecular complexity index is 829. The van der Waals surface area contributed by atoms with Gasteiger partial charge in [0.1, 0.15) is 11.6 Å². The first kappa shape index (κ1) is 14.0. The number of aromatic nitrogens is 3. The van der Waals surface area contributed by atoms with Gasteiger partial charge in [-0.3, -0.25) is 0 Å². The van der Waals surface area contributed by atoms with Crippen LogP contribution in [0.15, 0.2) is 30.5 Å². The molecular formula is C15H15FN6. The third kappa shape index (κ3) is 2.48. The Labute approximate surface area is 126 Å². The minimum atomic E-state index is -0.390. The summed E-state index contributed by atoms with van der Waals surface area (Å²) in [4.78, 5) is 12.9. The molecule has 7 heteroatoms.